The highest BCUT2D eigenvalue weighted by Gasteiger charge is 2.27. The molecular formula is C19H27N3O4S2. The van der Waals surface area contributed by atoms with Gasteiger partial charge in [-0.05, 0) is 50.2 Å². The summed E-state index contributed by atoms with van der Waals surface area (Å²) in [4.78, 5) is 15.4. The Morgan fingerprint density at radius 3 is 2.89 bits per heavy atom. The lowest BCUT2D eigenvalue weighted by molar-refractivity contribution is 0.0970. The van der Waals surface area contributed by atoms with Crippen LogP contribution in [0.4, 0.5) is 0 Å². The van der Waals surface area contributed by atoms with E-state index >= 15 is 0 Å². The van der Waals surface area contributed by atoms with Crippen molar-refractivity contribution < 1.29 is 17.7 Å². The zero-order valence-electron chi connectivity index (χ0n) is 15.9. The summed E-state index contributed by atoms with van der Waals surface area (Å²) in [6, 6.07) is 5.59. The van der Waals surface area contributed by atoms with Crippen LogP contribution in [0.5, 0.6) is 0 Å². The smallest absolute Gasteiger partial charge is 0.213 e. The van der Waals surface area contributed by atoms with Crippen LogP contribution in [0.3, 0.4) is 0 Å². The second kappa shape index (κ2) is 9.78. The summed E-state index contributed by atoms with van der Waals surface area (Å²) in [5, 5.41) is 10.7. The molecule has 1 aliphatic heterocycles. The summed E-state index contributed by atoms with van der Waals surface area (Å²) in [7, 11) is -3.44. The van der Waals surface area contributed by atoms with E-state index in [9.17, 15) is 13.2 Å². The molecule has 0 aromatic carbocycles. The Kier molecular flexibility index (Phi) is 7.39. The Hall–Kier alpha value is -1.55. The summed E-state index contributed by atoms with van der Waals surface area (Å²) >= 11 is 1.55. The number of carbonyl (C=O) groups excluding carboxylic acids is 1. The van der Waals surface area contributed by atoms with Gasteiger partial charge in [-0.1, -0.05) is 24.1 Å². The van der Waals surface area contributed by atoms with Crippen molar-refractivity contribution in [1.29, 1.82) is 0 Å². The molecule has 0 radical (unpaired) electrons. The average Bonchev–Trinajstić information content (AvgIpc) is 3.35. The minimum atomic E-state index is -3.44. The molecule has 1 atom stereocenters. The number of nitrogens with two attached hydrogens (primary N) is 1. The van der Waals surface area contributed by atoms with Gasteiger partial charge < -0.3 is 9.42 Å². The number of piperidine rings is 1. The summed E-state index contributed by atoms with van der Waals surface area (Å²) in [6.45, 7) is 2.35. The zero-order valence-corrected chi connectivity index (χ0v) is 17.5. The number of likely N-dealkylation sites (tertiary alicyclic amines) is 1. The van der Waals surface area contributed by atoms with Crippen LogP contribution in [0.15, 0.2) is 28.1 Å². The van der Waals surface area contributed by atoms with E-state index in [1.807, 2.05) is 17.5 Å². The molecule has 154 valence electrons. The van der Waals surface area contributed by atoms with Gasteiger partial charge in [0, 0.05) is 19.0 Å². The number of hydrogen-bond acceptors (Lipinski definition) is 7. The van der Waals surface area contributed by atoms with E-state index in [1.54, 1.807) is 17.4 Å². The molecule has 0 amide bonds. The van der Waals surface area contributed by atoms with Crippen LogP contribution in [-0.2, 0) is 10.0 Å². The van der Waals surface area contributed by atoms with E-state index in [2.05, 4.69) is 10.1 Å². The second-order valence-corrected chi connectivity index (χ2v) is 10.1. The predicted molar refractivity (Wildman–Crippen MR) is 110 cm³/mol. The molecule has 1 fully saturated rings. The van der Waals surface area contributed by atoms with Gasteiger partial charge in [-0.3, -0.25) is 4.79 Å². The average molecular weight is 426 g/mol. The number of Topliss-reactive ketones (excluding diaryl/α,β-unsaturated/α-hetero) is 1. The maximum absolute atomic E-state index is 12.2. The van der Waals surface area contributed by atoms with E-state index < -0.39 is 15.3 Å². The van der Waals surface area contributed by atoms with Gasteiger partial charge >= 0.3 is 0 Å². The minimum Gasteiger partial charge on any atom is -0.355 e. The number of aromatic nitrogens is 1. The fourth-order valence-corrected chi connectivity index (χ4v) is 5.12. The maximum Gasteiger partial charge on any atom is 0.213 e. The van der Waals surface area contributed by atoms with E-state index in [1.165, 1.54) is 0 Å². The van der Waals surface area contributed by atoms with Crippen molar-refractivity contribution in [3.05, 3.63) is 29.3 Å². The van der Waals surface area contributed by atoms with E-state index in [-0.39, 0.29) is 5.78 Å². The van der Waals surface area contributed by atoms with Crippen LogP contribution in [0.25, 0.3) is 10.6 Å². The summed E-state index contributed by atoms with van der Waals surface area (Å²) in [5.41, 5.74) is 0.394. The summed E-state index contributed by atoms with van der Waals surface area (Å²) < 4.78 is 28.3. The zero-order chi connectivity index (χ0) is 20.0. The Morgan fingerprint density at radius 1 is 1.32 bits per heavy atom. The molecule has 2 aromatic rings. The van der Waals surface area contributed by atoms with Crippen LogP contribution >= 0.6 is 11.3 Å². The highest BCUT2D eigenvalue weighted by molar-refractivity contribution is 7.89. The molecule has 3 heterocycles. The molecular weight excluding hydrogens is 398 g/mol. The Balaban J connectivity index is 1.31. The first-order chi connectivity index (χ1) is 13.4. The summed E-state index contributed by atoms with van der Waals surface area (Å²) in [6.07, 6.45) is 5.80. The lowest BCUT2D eigenvalue weighted by atomic mass is 10.1. The molecule has 7 nitrogen and oxygen atoms in total. The van der Waals surface area contributed by atoms with Crippen LogP contribution in [0.2, 0.25) is 0 Å². The molecule has 0 aliphatic carbocycles. The molecule has 2 N–H and O–H groups in total. The van der Waals surface area contributed by atoms with Gasteiger partial charge in [-0.15, -0.1) is 11.3 Å². The molecule has 0 saturated carbocycles. The highest BCUT2D eigenvalue weighted by Crippen LogP contribution is 2.25. The Bertz CT molecular complexity index is 862. The number of rotatable bonds is 10. The lowest BCUT2D eigenvalue weighted by Crippen LogP contribution is -2.44. The van der Waals surface area contributed by atoms with E-state index in [0.29, 0.717) is 30.8 Å². The number of sulfonamides is 1. The van der Waals surface area contributed by atoms with Gasteiger partial charge in [0.05, 0.1) is 10.1 Å². The third kappa shape index (κ3) is 5.97. The maximum atomic E-state index is 12.2. The number of primary sulfonamides is 1. The van der Waals surface area contributed by atoms with Crippen LogP contribution < -0.4 is 5.14 Å². The lowest BCUT2D eigenvalue weighted by Gasteiger charge is -2.31. The van der Waals surface area contributed by atoms with Gasteiger partial charge in [0.1, 0.15) is 5.69 Å². The second-order valence-electron chi connectivity index (χ2n) is 7.29. The molecule has 1 saturated heterocycles. The van der Waals surface area contributed by atoms with E-state index in [4.69, 9.17) is 9.66 Å². The van der Waals surface area contributed by atoms with Crippen molar-refractivity contribution in [1.82, 2.24) is 10.1 Å². The fraction of sp³-hybridized carbons (Fsp3) is 0.579. The minimum absolute atomic E-state index is 0.0126. The number of hydrogen-bond donors (Lipinski definition) is 1. The molecule has 2 aromatic heterocycles. The van der Waals surface area contributed by atoms with Gasteiger partial charge in [0.25, 0.3) is 0 Å². The highest BCUT2D eigenvalue weighted by atomic mass is 32.2. The number of thiophene rings is 1. The molecule has 0 spiro atoms. The first kappa shape index (κ1) is 21.2. The molecule has 0 bridgehead atoms. The third-order valence-electron chi connectivity index (χ3n) is 5.11. The largest absolute Gasteiger partial charge is 0.355 e. The SMILES string of the molecule is NS(=O)(=O)C1CCCN(CCCCCCC(=O)c2cc(-c3cccs3)on2)C1. The summed E-state index contributed by atoms with van der Waals surface area (Å²) in [5.74, 6) is 0.649. The van der Waals surface area contributed by atoms with Crippen LogP contribution in [-0.4, -0.2) is 49.1 Å². The Morgan fingerprint density at radius 2 is 2.14 bits per heavy atom. The number of carbonyl (C=O) groups is 1. The van der Waals surface area contributed by atoms with Gasteiger partial charge in [-0.25, -0.2) is 13.6 Å². The topological polar surface area (TPSA) is 106 Å². The van der Waals surface area contributed by atoms with Crippen LogP contribution in [0.1, 0.15) is 55.4 Å². The third-order valence-corrected chi connectivity index (χ3v) is 7.31. The normalized spacial score (nSPS) is 18.4. The first-order valence-corrected chi connectivity index (χ1v) is 12.2. The van der Waals surface area contributed by atoms with Crippen molar-refractivity contribution in [3.8, 4) is 10.6 Å². The molecule has 1 aliphatic rings. The van der Waals surface area contributed by atoms with Gasteiger partial charge in [0.2, 0.25) is 10.0 Å². The fourth-order valence-electron chi connectivity index (χ4n) is 3.53. The molecule has 9 heteroatoms. The van der Waals surface area contributed by atoms with Crippen molar-refractivity contribution in [3.63, 3.8) is 0 Å². The molecule has 28 heavy (non-hydrogen) atoms. The molecule has 3 rings (SSSR count). The number of unbranched alkanes of at least 4 members (excludes halogenated alkanes) is 3. The van der Waals surface area contributed by atoms with Gasteiger partial charge in [0.15, 0.2) is 11.5 Å². The number of nitrogens with zero attached hydrogens (tertiary/aromatic N) is 2. The standard InChI is InChI=1S/C19H27N3O4S2/c20-28(24,25)15-7-5-11-22(14-15)10-4-2-1-3-8-17(23)16-13-18(26-21-16)19-9-6-12-27-19/h6,9,12-13,15H,1-5,7-8,10-11,14H2,(H2,20,24,25). The van der Waals surface area contributed by atoms with Crippen LogP contribution in [0, 0.1) is 0 Å². The Labute approximate surface area is 169 Å². The van der Waals surface area contributed by atoms with Crippen molar-refractivity contribution in [2.75, 3.05) is 19.6 Å². The predicted octanol–water partition coefficient (Wildman–Crippen LogP) is 3.29. The quantitative estimate of drug-likeness (QED) is 0.462. The molecule has 1 unspecified atom stereocenters. The van der Waals surface area contributed by atoms with E-state index in [0.717, 1.165) is 50.1 Å². The van der Waals surface area contributed by atoms with Gasteiger partial charge in [-0.2, -0.15) is 0 Å². The number of ketones is 1. The monoisotopic (exact) mass is 425 g/mol. The van der Waals surface area contributed by atoms with Crippen molar-refractivity contribution >= 4 is 27.1 Å². The first-order valence-electron chi connectivity index (χ1n) is 9.71. The van der Waals surface area contributed by atoms with Crippen molar-refractivity contribution in [2.45, 2.75) is 50.2 Å². The van der Waals surface area contributed by atoms with Crippen molar-refractivity contribution in [2.24, 2.45) is 5.14 Å².